The second-order valence-electron chi connectivity index (χ2n) is 4.67. The van der Waals surface area contributed by atoms with E-state index in [1.165, 1.54) is 25.9 Å². The Morgan fingerprint density at radius 2 is 2.12 bits per heavy atom. The largest absolute Gasteiger partial charge is 0.355 e. The van der Waals surface area contributed by atoms with Gasteiger partial charge in [-0.25, -0.2) is 0 Å². The number of carbonyl (C=O) groups excluding carboxylic acids is 1. The summed E-state index contributed by atoms with van der Waals surface area (Å²) in [6.45, 7) is 6.81. The Balaban J connectivity index is 2.04. The van der Waals surface area contributed by atoms with Crippen molar-refractivity contribution in [2.75, 3.05) is 32.7 Å². The number of amides is 1. The normalized spacial score (nSPS) is 18.6. The van der Waals surface area contributed by atoms with Gasteiger partial charge in [0, 0.05) is 19.0 Å². The molecule has 1 aliphatic rings. The first-order valence-electron chi connectivity index (χ1n) is 6.44. The zero-order valence-electron chi connectivity index (χ0n) is 10.4. The molecule has 94 valence electrons. The zero-order valence-corrected chi connectivity index (χ0v) is 10.4. The maximum absolute atomic E-state index is 11.7. The Bertz CT molecular complexity index is 202. The Morgan fingerprint density at radius 3 is 2.75 bits per heavy atom. The van der Waals surface area contributed by atoms with Crippen molar-refractivity contribution in [1.82, 2.24) is 10.2 Å². The maximum atomic E-state index is 11.7. The fraction of sp³-hybridized carbons (Fsp3) is 0.917. The lowest BCUT2D eigenvalue weighted by Gasteiger charge is -2.16. The van der Waals surface area contributed by atoms with Crippen LogP contribution < -0.4 is 11.1 Å². The molecule has 0 aromatic rings. The van der Waals surface area contributed by atoms with Crippen LogP contribution in [0.4, 0.5) is 0 Å². The molecule has 16 heavy (non-hydrogen) atoms. The fourth-order valence-corrected chi connectivity index (χ4v) is 2.07. The summed E-state index contributed by atoms with van der Waals surface area (Å²) >= 11 is 0. The van der Waals surface area contributed by atoms with Crippen LogP contribution in [0.5, 0.6) is 0 Å². The highest BCUT2D eigenvalue weighted by Crippen LogP contribution is 2.06. The minimum absolute atomic E-state index is 0.0992. The molecule has 0 radical (unpaired) electrons. The van der Waals surface area contributed by atoms with Crippen molar-refractivity contribution >= 4 is 5.91 Å². The first-order valence-corrected chi connectivity index (χ1v) is 6.44. The van der Waals surface area contributed by atoms with Gasteiger partial charge < -0.3 is 16.0 Å². The molecule has 0 aliphatic carbocycles. The highest BCUT2D eigenvalue weighted by atomic mass is 16.1. The van der Waals surface area contributed by atoms with Gasteiger partial charge in [0.25, 0.3) is 0 Å². The van der Waals surface area contributed by atoms with E-state index >= 15 is 0 Å². The quantitative estimate of drug-likeness (QED) is 0.668. The molecule has 1 aliphatic heterocycles. The molecule has 3 N–H and O–H groups in total. The van der Waals surface area contributed by atoms with Crippen molar-refractivity contribution in [3.8, 4) is 0 Å². The summed E-state index contributed by atoms with van der Waals surface area (Å²) in [5.74, 6) is 0.273. The molecule has 0 aromatic carbocycles. The van der Waals surface area contributed by atoms with Crippen molar-refractivity contribution in [2.24, 2.45) is 11.7 Å². The summed E-state index contributed by atoms with van der Waals surface area (Å²) in [6, 6.07) is 0. The molecular weight excluding hydrogens is 202 g/mol. The number of hydrogen-bond acceptors (Lipinski definition) is 3. The van der Waals surface area contributed by atoms with Crippen molar-refractivity contribution in [2.45, 2.75) is 32.6 Å². The minimum atomic E-state index is 0.0992. The van der Waals surface area contributed by atoms with E-state index in [9.17, 15) is 4.79 Å². The monoisotopic (exact) mass is 227 g/mol. The molecule has 0 bridgehead atoms. The predicted octanol–water partition coefficient (Wildman–Crippen LogP) is 0.573. The first kappa shape index (κ1) is 13.5. The zero-order chi connectivity index (χ0) is 11.8. The molecule has 4 heteroatoms. The van der Waals surface area contributed by atoms with Gasteiger partial charge in [-0.2, -0.15) is 0 Å². The third-order valence-electron chi connectivity index (χ3n) is 3.21. The lowest BCUT2D eigenvalue weighted by atomic mass is 10.1. The van der Waals surface area contributed by atoms with Gasteiger partial charge in [-0.1, -0.05) is 6.92 Å². The van der Waals surface area contributed by atoms with E-state index in [-0.39, 0.29) is 11.8 Å². The van der Waals surface area contributed by atoms with Gasteiger partial charge in [-0.3, -0.25) is 4.79 Å². The van der Waals surface area contributed by atoms with E-state index in [1.54, 1.807) is 0 Å². The van der Waals surface area contributed by atoms with Crippen LogP contribution >= 0.6 is 0 Å². The first-order chi connectivity index (χ1) is 7.74. The van der Waals surface area contributed by atoms with E-state index in [2.05, 4.69) is 10.2 Å². The third kappa shape index (κ3) is 4.94. The van der Waals surface area contributed by atoms with Crippen LogP contribution in [0.1, 0.15) is 32.6 Å². The number of nitrogens with zero attached hydrogens (tertiary/aromatic N) is 1. The number of nitrogens with one attached hydrogen (secondary N) is 1. The molecular formula is C12H25N3O. The highest BCUT2D eigenvalue weighted by Gasteiger charge is 2.13. The van der Waals surface area contributed by atoms with Crippen molar-refractivity contribution in [3.05, 3.63) is 0 Å². The van der Waals surface area contributed by atoms with Crippen molar-refractivity contribution in [3.63, 3.8) is 0 Å². The van der Waals surface area contributed by atoms with Gasteiger partial charge in [0.2, 0.25) is 5.91 Å². The summed E-state index contributed by atoms with van der Waals surface area (Å²) in [5, 5.41) is 3.00. The molecule has 4 nitrogen and oxygen atoms in total. The molecule has 0 spiro atoms. The van der Waals surface area contributed by atoms with Gasteiger partial charge in [-0.15, -0.1) is 0 Å². The van der Waals surface area contributed by atoms with E-state index < -0.39 is 0 Å². The number of hydrogen-bond donors (Lipinski definition) is 2. The van der Waals surface area contributed by atoms with E-state index in [4.69, 9.17) is 5.73 Å². The van der Waals surface area contributed by atoms with Crippen LogP contribution in [-0.4, -0.2) is 43.5 Å². The molecule has 1 unspecified atom stereocenters. The second-order valence-corrected chi connectivity index (χ2v) is 4.67. The Hall–Kier alpha value is -0.610. The summed E-state index contributed by atoms with van der Waals surface area (Å²) in [4.78, 5) is 14.1. The van der Waals surface area contributed by atoms with Crippen LogP contribution in [0, 0.1) is 5.92 Å². The minimum Gasteiger partial charge on any atom is -0.355 e. The Kier molecular flexibility index (Phi) is 6.42. The summed E-state index contributed by atoms with van der Waals surface area (Å²) in [5.41, 5.74) is 5.42. The number of likely N-dealkylation sites (tertiary alicyclic amines) is 1. The summed E-state index contributed by atoms with van der Waals surface area (Å²) in [7, 11) is 0. The molecule has 1 amide bonds. The summed E-state index contributed by atoms with van der Waals surface area (Å²) < 4.78 is 0. The standard InChI is InChI=1S/C12H25N3O/c1-11(5-4-6-13)12(16)14-7-10-15-8-2-3-9-15/h11H,2-10,13H2,1H3,(H,14,16). The molecule has 1 rings (SSSR count). The molecule has 1 heterocycles. The van der Waals surface area contributed by atoms with Crippen LogP contribution in [0.25, 0.3) is 0 Å². The van der Waals surface area contributed by atoms with Crippen LogP contribution in [0.15, 0.2) is 0 Å². The number of rotatable bonds is 7. The highest BCUT2D eigenvalue weighted by molar-refractivity contribution is 5.78. The van der Waals surface area contributed by atoms with Crippen LogP contribution in [-0.2, 0) is 4.79 Å². The average molecular weight is 227 g/mol. The number of nitrogens with two attached hydrogens (primary N) is 1. The van der Waals surface area contributed by atoms with Crippen LogP contribution in [0.2, 0.25) is 0 Å². The maximum Gasteiger partial charge on any atom is 0.222 e. The molecule has 0 aromatic heterocycles. The average Bonchev–Trinajstić information content (AvgIpc) is 2.78. The van der Waals surface area contributed by atoms with Gasteiger partial charge >= 0.3 is 0 Å². The van der Waals surface area contributed by atoms with Crippen LogP contribution in [0.3, 0.4) is 0 Å². The van der Waals surface area contributed by atoms with Gasteiger partial charge in [0.05, 0.1) is 0 Å². The lowest BCUT2D eigenvalue weighted by Crippen LogP contribution is -2.36. The predicted molar refractivity (Wildman–Crippen MR) is 66.1 cm³/mol. The van der Waals surface area contributed by atoms with E-state index in [1.807, 2.05) is 6.92 Å². The fourth-order valence-electron chi connectivity index (χ4n) is 2.07. The van der Waals surface area contributed by atoms with Crippen molar-refractivity contribution in [1.29, 1.82) is 0 Å². The van der Waals surface area contributed by atoms with Gasteiger partial charge in [-0.05, 0) is 45.3 Å². The Morgan fingerprint density at radius 1 is 1.44 bits per heavy atom. The SMILES string of the molecule is CC(CCCN)C(=O)NCCN1CCCC1. The molecule has 1 saturated heterocycles. The van der Waals surface area contributed by atoms with Gasteiger partial charge in [0.15, 0.2) is 0 Å². The van der Waals surface area contributed by atoms with E-state index in [0.29, 0.717) is 6.54 Å². The number of carbonyl (C=O) groups is 1. The smallest absolute Gasteiger partial charge is 0.222 e. The lowest BCUT2D eigenvalue weighted by molar-refractivity contribution is -0.124. The Labute approximate surface area is 98.6 Å². The van der Waals surface area contributed by atoms with Crippen molar-refractivity contribution < 1.29 is 4.79 Å². The molecule has 0 saturated carbocycles. The molecule has 1 atom stereocenters. The van der Waals surface area contributed by atoms with Gasteiger partial charge in [0.1, 0.15) is 0 Å². The molecule has 1 fully saturated rings. The summed E-state index contributed by atoms with van der Waals surface area (Å²) in [6.07, 6.45) is 4.44. The third-order valence-corrected chi connectivity index (χ3v) is 3.21. The second kappa shape index (κ2) is 7.63. The topological polar surface area (TPSA) is 58.4 Å². The van der Waals surface area contributed by atoms with E-state index in [0.717, 1.165) is 25.9 Å².